The highest BCUT2D eigenvalue weighted by molar-refractivity contribution is 6.30. The summed E-state index contributed by atoms with van der Waals surface area (Å²) in [6, 6.07) is 7.67. The van der Waals surface area contributed by atoms with Gasteiger partial charge in [0.15, 0.2) is 0 Å². The molecule has 0 saturated heterocycles. The van der Waals surface area contributed by atoms with Gasteiger partial charge in [-0.3, -0.25) is 0 Å². The average molecular weight is 238 g/mol. The van der Waals surface area contributed by atoms with Gasteiger partial charge in [0.05, 0.1) is 5.02 Å². The van der Waals surface area contributed by atoms with Gasteiger partial charge in [0, 0.05) is 12.3 Å². The van der Waals surface area contributed by atoms with Crippen LogP contribution in [0.3, 0.4) is 0 Å². The predicted molar refractivity (Wildman–Crippen MR) is 60.5 cm³/mol. The molecule has 0 fully saturated rings. The number of halogens is 2. The SMILES string of the molecule is Cc1cc(F)ccc1Oc1ccc(Cl)cn1. The number of ether oxygens (including phenoxy) is 1. The second kappa shape index (κ2) is 4.49. The van der Waals surface area contributed by atoms with Crippen LogP contribution in [0.5, 0.6) is 11.6 Å². The van der Waals surface area contributed by atoms with Gasteiger partial charge in [-0.25, -0.2) is 9.37 Å². The first-order chi connectivity index (χ1) is 7.65. The molecule has 0 saturated carbocycles. The van der Waals surface area contributed by atoms with Gasteiger partial charge in [-0.15, -0.1) is 0 Å². The normalized spacial score (nSPS) is 10.2. The zero-order chi connectivity index (χ0) is 11.5. The number of hydrogen-bond acceptors (Lipinski definition) is 2. The summed E-state index contributed by atoms with van der Waals surface area (Å²) in [5, 5.41) is 0.545. The smallest absolute Gasteiger partial charge is 0.219 e. The van der Waals surface area contributed by atoms with Crippen molar-refractivity contribution >= 4 is 11.6 Å². The Hall–Kier alpha value is -1.61. The van der Waals surface area contributed by atoms with Gasteiger partial charge < -0.3 is 4.74 Å². The summed E-state index contributed by atoms with van der Waals surface area (Å²) in [6.07, 6.45) is 1.50. The van der Waals surface area contributed by atoms with Gasteiger partial charge in [-0.2, -0.15) is 0 Å². The molecule has 2 nitrogen and oxygen atoms in total. The van der Waals surface area contributed by atoms with Gasteiger partial charge in [-0.05, 0) is 36.8 Å². The minimum Gasteiger partial charge on any atom is -0.439 e. The molecule has 4 heteroatoms. The third-order valence-corrected chi connectivity index (χ3v) is 2.28. The van der Waals surface area contributed by atoms with Crippen molar-refractivity contribution in [3.63, 3.8) is 0 Å². The van der Waals surface area contributed by atoms with E-state index in [1.54, 1.807) is 25.1 Å². The lowest BCUT2D eigenvalue weighted by molar-refractivity contribution is 0.457. The lowest BCUT2D eigenvalue weighted by Gasteiger charge is -2.07. The van der Waals surface area contributed by atoms with Crippen molar-refractivity contribution in [2.45, 2.75) is 6.92 Å². The van der Waals surface area contributed by atoms with Gasteiger partial charge in [0.1, 0.15) is 11.6 Å². The van der Waals surface area contributed by atoms with E-state index in [9.17, 15) is 4.39 Å². The van der Waals surface area contributed by atoms with E-state index < -0.39 is 0 Å². The Morgan fingerprint density at radius 1 is 1.25 bits per heavy atom. The molecule has 0 amide bonds. The molecule has 0 unspecified atom stereocenters. The standard InChI is InChI=1S/C12H9ClFNO/c1-8-6-10(14)3-4-11(8)16-12-5-2-9(13)7-15-12/h2-7H,1H3. The van der Waals surface area contributed by atoms with E-state index in [0.717, 1.165) is 5.56 Å². The fourth-order valence-corrected chi connectivity index (χ4v) is 1.37. The largest absolute Gasteiger partial charge is 0.439 e. The summed E-state index contributed by atoms with van der Waals surface area (Å²) in [5.41, 5.74) is 0.719. The topological polar surface area (TPSA) is 22.1 Å². The van der Waals surface area contributed by atoms with Crippen molar-refractivity contribution < 1.29 is 9.13 Å². The van der Waals surface area contributed by atoms with Crippen LogP contribution in [0.4, 0.5) is 4.39 Å². The van der Waals surface area contributed by atoms with Crippen LogP contribution in [0, 0.1) is 12.7 Å². The molecule has 1 aromatic carbocycles. The summed E-state index contributed by atoms with van der Waals surface area (Å²) in [5.74, 6) is 0.726. The highest BCUT2D eigenvalue weighted by Gasteiger charge is 2.03. The molecule has 0 aliphatic carbocycles. The maximum absolute atomic E-state index is 12.9. The Balaban J connectivity index is 2.23. The van der Waals surface area contributed by atoms with Gasteiger partial charge in [0.25, 0.3) is 0 Å². The Kier molecular flexibility index (Phi) is 3.06. The zero-order valence-electron chi connectivity index (χ0n) is 8.58. The number of aryl methyl sites for hydroxylation is 1. The van der Waals surface area contributed by atoms with E-state index in [1.165, 1.54) is 18.3 Å². The van der Waals surface area contributed by atoms with E-state index >= 15 is 0 Å². The van der Waals surface area contributed by atoms with E-state index in [-0.39, 0.29) is 5.82 Å². The van der Waals surface area contributed by atoms with Crippen molar-refractivity contribution in [3.05, 3.63) is 52.9 Å². The molecule has 0 bridgehead atoms. The molecule has 0 spiro atoms. The number of rotatable bonds is 2. The number of hydrogen-bond donors (Lipinski definition) is 0. The van der Waals surface area contributed by atoms with Crippen molar-refractivity contribution in [2.75, 3.05) is 0 Å². The van der Waals surface area contributed by atoms with Gasteiger partial charge in [-0.1, -0.05) is 11.6 Å². The van der Waals surface area contributed by atoms with Crippen molar-refractivity contribution in [1.82, 2.24) is 4.98 Å². The Bertz CT molecular complexity index is 499. The first-order valence-electron chi connectivity index (χ1n) is 4.71. The van der Waals surface area contributed by atoms with Crippen molar-refractivity contribution in [1.29, 1.82) is 0 Å². The number of nitrogens with zero attached hydrogens (tertiary/aromatic N) is 1. The molecular weight excluding hydrogens is 229 g/mol. The van der Waals surface area contributed by atoms with Crippen LogP contribution in [0.2, 0.25) is 5.02 Å². The zero-order valence-corrected chi connectivity index (χ0v) is 9.33. The monoisotopic (exact) mass is 237 g/mol. The highest BCUT2D eigenvalue weighted by atomic mass is 35.5. The van der Waals surface area contributed by atoms with Crippen LogP contribution >= 0.6 is 11.6 Å². The Labute approximate surface area is 97.7 Å². The van der Waals surface area contributed by atoms with E-state index in [4.69, 9.17) is 16.3 Å². The Morgan fingerprint density at radius 2 is 2.06 bits per heavy atom. The lowest BCUT2D eigenvalue weighted by atomic mass is 10.2. The minimum atomic E-state index is -0.283. The maximum Gasteiger partial charge on any atom is 0.219 e. The van der Waals surface area contributed by atoms with Crippen LogP contribution in [0.25, 0.3) is 0 Å². The predicted octanol–water partition coefficient (Wildman–Crippen LogP) is 3.97. The van der Waals surface area contributed by atoms with E-state index in [0.29, 0.717) is 16.7 Å². The number of benzene rings is 1. The third-order valence-electron chi connectivity index (χ3n) is 2.05. The molecule has 0 atom stereocenters. The summed E-state index contributed by atoms with van der Waals surface area (Å²) in [4.78, 5) is 3.99. The lowest BCUT2D eigenvalue weighted by Crippen LogP contribution is -1.90. The summed E-state index contributed by atoms with van der Waals surface area (Å²) >= 11 is 5.70. The summed E-state index contributed by atoms with van der Waals surface area (Å²) in [6.45, 7) is 1.77. The Morgan fingerprint density at radius 3 is 2.69 bits per heavy atom. The van der Waals surface area contributed by atoms with Crippen LogP contribution in [-0.2, 0) is 0 Å². The molecule has 1 heterocycles. The molecule has 0 aliphatic heterocycles. The quantitative estimate of drug-likeness (QED) is 0.788. The molecule has 0 N–H and O–H groups in total. The fourth-order valence-electron chi connectivity index (χ4n) is 1.26. The fraction of sp³-hybridized carbons (Fsp3) is 0.0833. The van der Waals surface area contributed by atoms with Gasteiger partial charge >= 0.3 is 0 Å². The average Bonchev–Trinajstić information content (AvgIpc) is 2.25. The molecule has 16 heavy (non-hydrogen) atoms. The molecule has 2 aromatic rings. The molecule has 1 aromatic heterocycles. The summed E-state index contributed by atoms with van der Waals surface area (Å²) in [7, 11) is 0. The molecule has 2 rings (SSSR count). The second-order valence-electron chi connectivity index (χ2n) is 3.33. The first kappa shape index (κ1) is 10.9. The van der Waals surface area contributed by atoms with Gasteiger partial charge in [0.2, 0.25) is 5.88 Å². The van der Waals surface area contributed by atoms with Crippen LogP contribution in [-0.4, -0.2) is 4.98 Å². The van der Waals surface area contributed by atoms with Crippen LogP contribution < -0.4 is 4.74 Å². The second-order valence-corrected chi connectivity index (χ2v) is 3.76. The number of pyridine rings is 1. The third kappa shape index (κ3) is 2.49. The molecule has 0 aliphatic rings. The highest BCUT2D eigenvalue weighted by Crippen LogP contribution is 2.24. The molecule has 82 valence electrons. The minimum absolute atomic E-state index is 0.283. The molecule has 0 radical (unpaired) electrons. The molecular formula is C12H9ClFNO. The van der Waals surface area contributed by atoms with Crippen molar-refractivity contribution in [2.24, 2.45) is 0 Å². The van der Waals surface area contributed by atoms with Crippen molar-refractivity contribution in [3.8, 4) is 11.6 Å². The van der Waals surface area contributed by atoms with E-state index in [2.05, 4.69) is 4.98 Å². The van der Waals surface area contributed by atoms with Crippen LogP contribution in [0.1, 0.15) is 5.56 Å². The summed E-state index contributed by atoms with van der Waals surface area (Å²) < 4.78 is 18.3. The first-order valence-corrected chi connectivity index (χ1v) is 5.08. The van der Waals surface area contributed by atoms with E-state index in [1.807, 2.05) is 0 Å². The number of aromatic nitrogens is 1. The van der Waals surface area contributed by atoms with Crippen LogP contribution in [0.15, 0.2) is 36.5 Å². The maximum atomic E-state index is 12.9.